The van der Waals surface area contributed by atoms with Gasteiger partial charge in [-0.15, -0.1) is 0 Å². The lowest BCUT2D eigenvalue weighted by Gasteiger charge is -2.12. The quantitative estimate of drug-likeness (QED) is 0.829. The van der Waals surface area contributed by atoms with Gasteiger partial charge in [0.15, 0.2) is 0 Å². The molecule has 1 radical (unpaired) electrons. The summed E-state index contributed by atoms with van der Waals surface area (Å²) in [6.45, 7) is 1.30. The van der Waals surface area contributed by atoms with Crippen LogP contribution in [0.3, 0.4) is 0 Å². The van der Waals surface area contributed by atoms with Crippen molar-refractivity contribution in [2.45, 2.75) is 6.42 Å². The predicted molar refractivity (Wildman–Crippen MR) is 113 cm³/mol. The van der Waals surface area contributed by atoms with Crippen LogP contribution in [0.1, 0.15) is 11.1 Å². The van der Waals surface area contributed by atoms with Gasteiger partial charge in [0.25, 0.3) is 0 Å². The average molecular weight is 395 g/mol. The van der Waals surface area contributed by atoms with Crippen molar-refractivity contribution in [1.29, 1.82) is 0 Å². The van der Waals surface area contributed by atoms with E-state index in [0.717, 1.165) is 39.9 Å². The van der Waals surface area contributed by atoms with E-state index in [1.54, 1.807) is 18.0 Å². The summed E-state index contributed by atoms with van der Waals surface area (Å²) in [6.07, 6.45) is 7.61. The van der Waals surface area contributed by atoms with E-state index in [0.29, 0.717) is 12.5 Å². The first kappa shape index (κ1) is 17.8. The van der Waals surface area contributed by atoms with Crippen LogP contribution < -0.4 is 10.6 Å². The van der Waals surface area contributed by atoms with Crippen molar-refractivity contribution < 1.29 is 0 Å². The van der Waals surface area contributed by atoms with Crippen LogP contribution in [-0.4, -0.2) is 30.2 Å². The van der Waals surface area contributed by atoms with Crippen LogP contribution in [0.4, 0.5) is 0 Å². The molecule has 2 aromatic rings. The van der Waals surface area contributed by atoms with E-state index in [-0.39, 0.29) is 0 Å². The molecule has 1 aromatic heterocycles. The maximum Gasteiger partial charge on any atom is 0.218 e. The number of rotatable bonds is 4. The van der Waals surface area contributed by atoms with E-state index in [4.69, 9.17) is 11.6 Å². The molecule has 4 rings (SSSR count). The van der Waals surface area contributed by atoms with Gasteiger partial charge in [0, 0.05) is 40.5 Å². The van der Waals surface area contributed by atoms with Gasteiger partial charge in [-0.25, -0.2) is 9.98 Å². The van der Waals surface area contributed by atoms with Gasteiger partial charge in [-0.05, 0) is 24.1 Å². The fraction of sp³-hybridized carbons (Fsp3) is 0.150. The summed E-state index contributed by atoms with van der Waals surface area (Å²) >= 11 is 7.88. The van der Waals surface area contributed by atoms with Crippen LogP contribution in [0.2, 0.25) is 5.02 Å². The van der Waals surface area contributed by atoms with Crippen LogP contribution in [0.15, 0.2) is 74.8 Å². The van der Waals surface area contributed by atoms with Gasteiger partial charge in [-0.1, -0.05) is 47.6 Å². The number of aliphatic imine (C=N–C) groups is 2. The van der Waals surface area contributed by atoms with Gasteiger partial charge < -0.3 is 10.6 Å². The van der Waals surface area contributed by atoms with Gasteiger partial charge in [0.1, 0.15) is 6.21 Å². The number of pyridine rings is 1. The number of aromatic nitrogens is 1. The van der Waals surface area contributed by atoms with E-state index < -0.39 is 0 Å². The molecule has 0 amide bonds. The van der Waals surface area contributed by atoms with Gasteiger partial charge in [0.2, 0.25) is 5.96 Å². The number of nitrogens with zero attached hydrogens (tertiary/aromatic N) is 3. The number of hydrogen-bond acceptors (Lipinski definition) is 6. The topological polar surface area (TPSA) is 61.7 Å². The first-order chi connectivity index (χ1) is 13.3. The van der Waals surface area contributed by atoms with Crippen molar-refractivity contribution in [2.75, 3.05) is 13.1 Å². The predicted octanol–water partition coefficient (Wildman–Crippen LogP) is 3.73. The van der Waals surface area contributed by atoms with Crippen molar-refractivity contribution in [3.8, 4) is 0 Å². The lowest BCUT2D eigenvalue weighted by atomic mass is 10.2. The molecule has 135 valence electrons. The van der Waals surface area contributed by atoms with Gasteiger partial charge in [-0.3, -0.25) is 4.98 Å². The van der Waals surface area contributed by atoms with E-state index in [1.165, 1.54) is 5.56 Å². The molecular weight excluding hydrogens is 378 g/mol. The molecule has 2 aliphatic rings. The Bertz CT molecular complexity index is 950. The number of halogens is 1. The minimum absolute atomic E-state index is 0.539. The highest BCUT2D eigenvalue weighted by atomic mass is 35.5. The molecule has 0 fully saturated rings. The Morgan fingerprint density at radius 3 is 2.93 bits per heavy atom. The number of nitrogens with one attached hydrogen (secondary N) is 2. The third-order valence-electron chi connectivity index (χ3n) is 4.08. The smallest absolute Gasteiger partial charge is 0.218 e. The lowest BCUT2D eigenvalue weighted by Crippen LogP contribution is -2.27. The molecule has 2 aliphatic heterocycles. The fourth-order valence-electron chi connectivity index (χ4n) is 2.68. The summed E-state index contributed by atoms with van der Waals surface area (Å²) in [5, 5.41) is 10.4. The van der Waals surface area contributed by atoms with E-state index in [2.05, 4.69) is 43.3 Å². The Labute approximate surface area is 167 Å². The Morgan fingerprint density at radius 1 is 1.22 bits per heavy atom. The molecule has 0 unspecified atom stereocenters. The Kier molecular flexibility index (Phi) is 5.55. The summed E-state index contributed by atoms with van der Waals surface area (Å²) < 4.78 is 0. The largest absolute Gasteiger partial charge is 0.354 e. The molecule has 0 atom stereocenters. The summed E-state index contributed by atoms with van der Waals surface area (Å²) in [5.41, 5.74) is 4.09. The second kappa shape index (κ2) is 8.41. The van der Waals surface area contributed by atoms with Crippen molar-refractivity contribution in [2.24, 2.45) is 9.98 Å². The van der Waals surface area contributed by atoms with Crippen molar-refractivity contribution in [1.82, 2.24) is 15.6 Å². The highest BCUT2D eigenvalue weighted by Gasteiger charge is 2.18. The first-order valence-corrected chi connectivity index (χ1v) is 9.81. The first-order valence-electron chi connectivity index (χ1n) is 8.55. The summed E-state index contributed by atoms with van der Waals surface area (Å²) in [6, 6.07) is 11.8. The zero-order chi connectivity index (χ0) is 18.5. The van der Waals surface area contributed by atoms with Gasteiger partial charge in [0.05, 0.1) is 17.3 Å². The zero-order valence-electron chi connectivity index (χ0n) is 14.4. The molecule has 2 N–H and O–H groups in total. The molecule has 7 heteroatoms. The Morgan fingerprint density at radius 2 is 2.15 bits per heavy atom. The maximum absolute atomic E-state index is 6.28. The van der Waals surface area contributed by atoms with E-state index in [1.807, 2.05) is 36.5 Å². The summed E-state index contributed by atoms with van der Waals surface area (Å²) in [4.78, 5) is 12.9. The van der Waals surface area contributed by atoms with E-state index in [9.17, 15) is 0 Å². The van der Waals surface area contributed by atoms with Gasteiger partial charge >= 0.3 is 0 Å². The molecule has 0 bridgehead atoms. The average Bonchev–Trinajstić information content (AvgIpc) is 3.20. The maximum atomic E-state index is 6.28. The summed E-state index contributed by atoms with van der Waals surface area (Å²) in [7, 11) is 0. The lowest BCUT2D eigenvalue weighted by molar-refractivity contribution is 0.847. The fourth-order valence-corrected chi connectivity index (χ4v) is 3.76. The van der Waals surface area contributed by atoms with Gasteiger partial charge in [-0.2, -0.15) is 0 Å². The highest BCUT2D eigenvalue weighted by Crippen LogP contribution is 2.34. The van der Waals surface area contributed by atoms with Crippen molar-refractivity contribution in [3.05, 3.63) is 81.0 Å². The monoisotopic (exact) mass is 394 g/mol. The SMILES string of the molecule is Clc1ccccc1C1=CSC(=C2[C]=NC(NCCc3cccnc3)=NC2)N1. The molecule has 0 aliphatic carbocycles. The molecule has 0 saturated heterocycles. The van der Waals surface area contributed by atoms with Crippen LogP contribution >= 0.6 is 23.4 Å². The number of hydrogen-bond donors (Lipinski definition) is 2. The number of guanidine groups is 1. The van der Waals surface area contributed by atoms with Crippen molar-refractivity contribution in [3.63, 3.8) is 0 Å². The molecule has 0 saturated carbocycles. The van der Waals surface area contributed by atoms with Crippen molar-refractivity contribution >= 4 is 41.2 Å². The summed E-state index contributed by atoms with van der Waals surface area (Å²) in [5.74, 6) is 0.616. The Hall–Kier alpha value is -2.57. The van der Waals surface area contributed by atoms with Crippen LogP contribution in [-0.2, 0) is 6.42 Å². The van der Waals surface area contributed by atoms with Crippen LogP contribution in [0.25, 0.3) is 5.70 Å². The molecule has 5 nitrogen and oxygen atoms in total. The Balaban J connectivity index is 1.33. The highest BCUT2D eigenvalue weighted by molar-refractivity contribution is 8.06. The number of benzene rings is 1. The van der Waals surface area contributed by atoms with Crippen LogP contribution in [0, 0.1) is 0 Å². The molecular formula is C20H17ClN5S. The standard InChI is InChI=1S/C20H17ClN5S/c21-17-6-2-1-5-16(17)18-13-27-19(26-18)15-11-24-20(25-12-15)23-9-7-14-4-3-8-22-10-14/h1-6,8,10,13,26H,7,9,11H2,(H,23,24). The molecule has 0 spiro atoms. The normalized spacial score (nSPS) is 18.7. The molecule has 1 aromatic carbocycles. The second-order valence-electron chi connectivity index (χ2n) is 5.96. The number of thioether (sulfide) groups is 1. The molecule has 27 heavy (non-hydrogen) atoms. The minimum atomic E-state index is 0.539. The molecule has 3 heterocycles. The van der Waals surface area contributed by atoms with Crippen LogP contribution in [0.5, 0.6) is 0 Å². The minimum Gasteiger partial charge on any atom is -0.354 e. The zero-order valence-corrected chi connectivity index (χ0v) is 16.0. The van der Waals surface area contributed by atoms with E-state index >= 15 is 0 Å². The second-order valence-corrected chi connectivity index (χ2v) is 7.25. The third-order valence-corrected chi connectivity index (χ3v) is 5.35. The third kappa shape index (κ3) is 4.40.